The minimum Gasteiger partial charge on any atom is -0.392 e. The van der Waals surface area contributed by atoms with Gasteiger partial charge >= 0.3 is 0 Å². The molecule has 178 valence electrons. The van der Waals surface area contributed by atoms with E-state index in [1.165, 1.54) is 6.07 Å². The van der Waals surface area contributed by atoms with E-state index in [0.717, 1.165) is 40.3 Å². The molecule has 3 atom stereocenters. The molecule has 34 heavy (non-hydrogen) atoms. The van der Waals surface area contributed by atoms with Gasteiger partial charge in [-0.3, -0.25) is 4.79 Å². The smallest absolute Gasteiger partial charge is 0.227 e. The van der Waals surface area contributed by atoms with E-state index in [-0.39, 0.29) is 30.0 Å². The average Bonchev–Trinajstić information content (AvgIpc) is 3.34. The van der Waals surface area contributed by atoms with Crippen LogP contribution in [0.25, 0.3) is 11.0 Å². The van der Waals surface area contributed by atoms with Crippen LogP contribution in [0, 0.1) is 11.6 Å². The number of oxime groups is 1. The molecule has 0 bridgehead atoms. The third kappa shape index (κ3) is 3.65. The molecule has 8 heteroatoms. The maximum absolute atomic E-state index is 14.1. The number of halogens is 2. The van der Waals surface area contributed by atoms with Crippen LogP contribution in [0.3, 0.4) is 0 Å². The molecule has 1 fully saturated rings. The lowest BCUT2D eigenvalue weighted by molar-refractivity contribution is -0.120. The van der Waals surface area contributed by atoms with Crippen LogP contribution in [0.5, 0.6) is 0 Å². The lowest BCUT2D eigenvalue weighted by Crippen LogP contribution is -2.39. The molecular weight excluding hydrogens is 438 g/mol. The summed E-state index contributed by atoms with van der Waals surface area (Å²) in [6, 6.07) is 9.55. The lowest BCUT2D eigenvalue weighted by atomic mass is 9.91. The Morgan fingerprint density at radius 2 is 1.91 bits per heavy atom. The van der Waals surface area contributed by atoms with Gasteiger partial charge in [0.1, 0.15) is 11.9 Å². The summed E-state index contributed by atoms with van der Waals surface area (Å²) in [5.41, 5.74) is 4.16. The Labute approximate surface area is 197 Å². The van der Waals surface area contributed by atoms with Gasteiger partial charge in [-0.1, -0.05) is 11.2 Å². The van der Waals surface area contributed by atoms with Gasteiger partial charge in [0.15, 0.2) is 11.6 Å². The third-order valence-electron chi connectivity index (χ3n) is 6.83. The SMILES string of the molecule is CC1=NOC(C)C1c1ccc2c(c1)nc(C1CCCC(=O)N1c1ccc(F)c(F)c1)n2C(C)C. The predicted octanol–water partition coefficient (Wildman–Crippen LogP) is 6.03. The minimum absolute atomic E-state index is 0.0519. The van der Waals surface area contributed by atoms with Gasteiger partial charge in [-0.05, 0) is 70.4 Å². The zero-order valence-corrected chi connectivity index (χ0v) is 19.8. The molecule has 3 aromatic rings. The third-order valence-corrected chi connectivity index (χ3v) is 6.83. The van der Waals surface area contributed by atoms with E-state index in [9.17, 15) is 13.6 Å². The number of fused-ring (bicyclic) bond motifs is 1. The fraction of sp³-hybridized carbons (Fsp3) is 0.423. The Hall–Kier alpha value is -3.29. The van der Waals surface area contributed by atoms with Crippen molar-refractivity contribution in [1.82, 2.24) is 9.55 Å². The molecule has 3 unspecified atom stereocenters. The van der Waals surface area contributed by atoms with E-state index >= 15 is 0 Å². The molecular formula is C26H28F2N4O2. The number of amides is 1. The van der Waals surface area contributed by atoms with Crippen LogP contribution in [0.1, 0.15) is 76.3 Å². The fourth-order valence-corrected chi connectivity index (χ4v) is 5.31. The molecule has 0 aliphatic carbocycles. The number of carbonyl (C=O) groups is 1. The second-order valence-electron chi connectivity index (χ2n) is 9.47. The number of anilines is 1. The number of hydrogen-bond donors (Lipinski definition) is 0. The monoisotopic (exact) mass is 466 g/mol. The summed E-state index contributed by atoms with van der Waals surface area (Å²) in [7, 11) is 0. The van der Waals surface area contributed by atoms with Gasteiger partial charge in [0.2, 0.25) is 5.91 Å². The Kier molecular flexibility index (Phi) is 5.62. The van der Waals surface area contributed by atoms with E-state index in [4.69, 9.17) is 9.82 Å². The maximum atomic E-state index is 14.1. The number of nitrogens with zero attached hydrogens (tertiary/aromatic N) is 4. The Bertz CT molecular complexity index is 1300. The van der Waals surface area contributed by atoms with Crippen molar-refractivity contribution in [3.63, 3.8) is 0 Å². The van der Waals surface area contributed by atoms with E-state index in [0.29, 0.717) is 24.9 Å². The van der Waals surface area contributed by atoms with Crippen LogP contribution >= 0.6 is 0 Å². The molecule has 2 aliphatic heterocycles. The van der Waals surface area contributed by atoms with Crippen LogP contribution < -0.4 is 4.90 Å². The summed E-state index contributed by atoms with van der Waals surface area (Å²) >= 11 is 0. The highest BCUT2D eigenvalue weighted by Gasteiger charge is 2.35. The zero-order chi connectivity index (χ0) is 24.1. The number of imidazole rings is 1. The molecule has 3 heterocycles. The normalized spacial score (nSPS) is 23.0. The van der Waals surface area contributed by atoms with Crippen LogP contribution in [0.2, 0.25) is 0 Å². The van der Waals surface area contributed by atoms with Gasteiger partial charge in [-0.2, -0.15) is 0 Å². The van der Waals surface area contributed by atoms with Crippen LogP contribution in [-0.4, -0.2) is 27.3 Å². The van der Waals surface area contributed by atoms with Gasteiger partial charge in [-0.15, -0.1) is 0 Å². The highest BCUT2D eigenvalue weighted by molar-refractivity contribution is 5.95. The van der Waals surface area contributed by atoms with E-state index in [2.05, 4.69) is 41.8 Å². The fourth-order valence-electron chi connectivity index (χ4n) is 5.31. The lowest BCUT2D eigenvalue weighted by Gasteiger charge is -2.36. The van der Waals surface area contributed by atoms with Crippen molar-refractivity contribution in [3.05, 3.63) is 59.4 Å². The van der Waals surface area contributed by atoms with Gasteiger partial charge in [0.25, 0.3) is 0 Å². The minimum atomic E-state index is -0.971. The van der Waals surface area contributed by atoms with Crippen molar-refractivity contribution in [2.24, 2.45) is 5.16 Å². The number of piperidine rings is 1. The predicted molar refractivity (Wildman–Crippen MR) is 127 cm³/mol. The second-order valence-corrected chi connectivity index (χ2v) is 9.47. The number of rotatable bonds is 4. The summed E-state index contributed by atoms with van der Waals surface area (Å²) in [6.45, 7) is 8.12. The topological polar surface area (TPSA) is 59.7 Å². The van der Waals surface area contributed by atoms with Crippen LogP contribution in [-0.2, 0) is 9.63 Å². The standard InChI is InChI=1S/C26H28F2N4O2/c1-14(2)31-22-11-8-17(25-15(3)30-34-16(25)4)12-21(22)29-26(31)23-6-5-7-24(33)32(23)18-9-10-19(27)20(28)13-18/h8-14,16,23,25H,5-7H2,1-4H3. The van der Waals surface area contributed by atoms with Crippen molar-refractivity contribution in [2.45, 2.75) is 71.1 Å². The molecule has 0 N–H and O–H groups in total. The van der Waals surface area contributed by atoms with Crippen molar-refractivity contribution in [3.8, 4) is 0 Å². The molecule has 0 radical (unpaired) electrons. The summed E-state index contributed by atoms with van der Waals surface area (Å²) in [5.74, 6) is -1.21. The molecule has 1 aromatic heterocycles. The van der Waals surface area contributed by atoms with E-state index < -0.39 is 11.6 Å². The summed E-state index contributed by atoms with van der Waals surface area (Å²) in [6.07, 6.45) is 1.71. The van der Waals surface area contributed by atoms with Gasteiger partial charge in [0.05, 0.1) is 28.7 Å². The summed E-state index contributed by atoms with van der Waals surface area (Å²) < 4.78 is 29.8. The largest absolute Gasteiger partial charge is 0.392 e. The maximum Gasteiger partial charge on any atom is 0.227 e. The number of benzene rings is 2. The highest BCUT2D eigenvalue weighted by atomic mass is 19.2. The van der Waals surface area contributed by atoms with E-state index in [1.54, 1.807) is 4.90 Å². The Balaban J connectivity index is 1.63. The quantitative estimate of drug-likeness (QED) is 0.472. The summed E-state index contributed by atoms with van der Waals surface area (Å²) in [4.78, 5) is 25.1. The first-order chi connectivity index (χ1) is 16.3. The molecule has 0 spiro atoms. The molecule has 2 aliphatic rings. The zero-order valence-electron chi connectivity index (χ0n) is 19.8. The molecule has 0 saturated carbocycles. The van der Waals surface area contributed by atoms with Gasteiger partial charge < -0.3 is 14.3 Å². The molecule has 1 saturated heterocycles. The van der Waals surface area contributed by atoms with Crippen molar-refractivity contribution in [1.29, 1.82) is 0 Å². The van der Waals surface area contributed by atoms with Crippen molar-refractivity contribution >= 4 is 28.3 Å². The van der Waals surface area contributed by atoms with Crippen molar-refractivity contribution in [2.75, 3.05) is 4.90 Å². The summed E-state index contributed by atoms with van der Waals surface area (Å²) in [5, 5.41) is 4.13. The number of aromatic nitrogens is 2. The Morgan fingerprint density at radius 3 is 2.59 bits per heavy atom. The van der Waals surface area contributed by atoms with Gasteiger partial charge in [-0.25, -0.2) is 13.8 Å². The number of carbonyl (C=O) groups excluding carboxylic acids is 1. The molecule has 6 nitrogen and oxygen atoms in total. The average molecular weight is 467 g/mol. The second kappa shape index (κ2) is 8.49. The molecule has 2 aromatic carbocycles. The molecule has 1 amide bonds. The first kappa shape index (κ1) is 22.5. The Morgan fingerprint density at radius 1 is 1.12 bits per heavy atom. The van der Waals surface area contributed by atoms with Gasteiger partial charge in [0, 0.05) is 24.2 Å². The van der Waals surface area contributed by atoms with Crippen LogP contribution in [0.4, 0.5) is 14.5 Å². The number of hydrogen-bond acceptors (Lipinski definition) is 4. The highest BCUT2D eigenvalue weighted by Crippen LogP contribution is 2.39. The van der Waals surface area contributed by atoms with E-state index in [1.807, 2.05) is 13.8 Å². The van der Waals surface area contributed by atoms with Crippen molar-refractivity contribution < 1.29 is 18.4 Å². The van der Waals surface area contributed by atoms with Crippen LogP contribution in [0.15, 0.2) is 41.6 Å². The first-order valence-electron chi connectivity index (χ1n) is 11.8. The first-order valence-corrected chi connectivity index (χ1v) is 11.8. The molecule has 5 rings (SSSR count).